The lowest BCUT2D eigenvalue weighted by Crippen LogP contribution is -2.22. The van der Waals surface area contributed by atoms with E-state index in [-0.39, 0.29) is 0 Å². The predicted molar refractivity (Wildman–Crippen MR) is 66.4 cm³/mol. The highest BCUT2D eigenvalue weighted by Crippen LogP contribution is 2.25. The van der Waals surface area contributed by atoms with Gasteiger partial charge in [0.05, 0.1) is 16.6 Å². The van der Waals surface area contributed by atoms with Crippen LogP contribution in [0, 0.1) is 5.92 Å². The molecule has 1 rings (SSSR count). The Morgan fingerprint density at radius 1 is 1.50 bits per heavy atom. The number of anilines is 1. The largest absolute Gasteiger partial charge is 0.481 e. The molecule has 16 heavy (non-hydrogen) atoms. The molecule has 0 radical (unpaired) electrons. The van der Waals surface area contributed by atoms with Gasteiger partial charge in [-0.15, -0.1) is 0 Å². The Morgan fingerprint density at radius 2 is 2.19 bits per heavy atom. The molecule has 3 nitrogen and oxygen atoms in total. The van der Waals surface area contributed by atoms with Gasteiger partial charge in [0.25, 0.3) is 0 Å². The Balaban J connectivity index is 2.66. The topological polar surface area (TPSA) is 49.3 Å². The fourth-order valence-corrected chi connectivity index (χ4v) is 1.63. The summed E-state index contributed by atoms with van der Waals surface area (Å²) in [6.45, 7) is 2.17. The van der Waals surface area contributed by atoms with Gasteiger partial charge in [-0.1, -0.05) is 30.1 Å². The van der Waals surface area contributed by atoms with Crippen molar-refractivity contribution in [1.82, 2.24) is 0 Å². The molecule has 1 aromatic carbocycles. The Kier molecular flexibility index (Phi) is 4.90. The van der Waals surface area contributed by atoms with Crippen molar-refractivity contribution in [3.05, 3.63) is 28.2 Å². The summed E-state index contributed by atoms with van der Waals surface area (Å²) in [7, 11) is 0. The van der Waals surface area contributed by atoms with Crippen LogP contribution in [-0.2, 0) is 4.79 Å². The molecule has 0 heterocycles. The molecule has 1 aromatic rings. The highest BCUT2D eigenvalue weighted by Gasteiger charge is 2.14. The molecule has 0 saturated heterocycles. The van der Waals surface area contributed by atoms with Gasteiger partial charge in [0.2, 0.25) is 0 Å². The minimum Gasteiger partial charge on any atom is -0.481 e. The quantitative estimate of drug-likeness (QED) is 0.853. The monoisotopic (exact) mass is 261 g/mol. The molecule has 5 heteroatoms. The molecule has 2 N–H and O–H groups in total. The minimum absolute atomic E-state index is 0.339. The van der Waals surface area contributed by atoms with Crippen LogP contribution < -0.4 is 5.32 Å². The van der Waals surface area contributed by atoms with E-state index in [1.54, 1.807) is 18.2 Å². The molecule has 0 bridgehead atoms. The molecule has 1 atom stereocenters. The molecule has 0 aliphatic rings. The van der Waals surface area contributed by atoms with Crippen LogP contribution in [0.5, 0.6) is 0 Å². The third-order valence-electron chi connectivity index (χ3n) is 2.31. The molecule has 0 fully saturated rings. The number of aliphatic carboxylic acids is 1. The van der Waals surface area contributed by atoms with Gasteiger partial charge in [-0.2, -0.15) is 0 Å². The van der Waals surface area contributed by atoms with E-state index >= 15 is 0 Å². The van der Waals surface area contributed by atoms with Crippen molar-refractivity contribution in [2.45, 2.75) is 13.3 Å². The minimum atomic E-state index is -0.812. The maximum absolute atomic E-state index is 10.8. The second-order valence-electron chi connectivity index (χ2n) is 3.45. The van der Waals surface area contributed by atoms with E-state index in [0.717, 1.165) is 0 Å². The number of carboxylic acid groups (broad SMARTS) is 1. The average molecular weight is 262 g/mol. The van der Waals surface area contributed by atoms with E-state index in [4.69, 9.17) is 28.3 Å². The molecule has 0 spiro atoms. The number of halogens is 2. The average Bonchev–Trinajstić information content (AvgIpc) is 2.23. The zero-order valence-corrected chi connectivity index (χ0v) is 10.3. The maximum Gasteiger partial charge on any atom is 0.308 e. The molecule has 0 amide bonds. The van der Waals surface area contributed by atoms with Crippen LogP contribution in [0.25, 0.3) is 0 Å². The molecular weight excluding hydrogens is 249 g/mol. The van der Waals surface area contributed by atoms with E-state index in [0.29, 0.717) is 28.7 Å². The van der Waals surface area contributed by atoms with Crippen molar-refractivity contribution in [2.75, 3.05) is 11.9 Å². The van der Waals surface area contributed by atoms with E-state index in [9.17, 15) is 4.79 Å². The smallest absolute Gasteiger partial charge is 0.308 e. The van der Waals surface area contributed by atoms with Crippen LogP contribution in [0.1, 0.15) is 13.3 Å². The van der Waals surface area contributed by atoms with Crippen LogP contribution in [0.3, 0.4) is 0 Å². The molecule has 0 aromatic heterocycles. The third-order valence-corrected chi connectivity index (χ3v) is 2.87. The van der Waals surface area contributed by atoms with Gasteiger partial charge in [-0.3, -0.25) is 4.79 Å². The molecule has 1 unspecified atom stereocenters. The van der Waals surface area contributed by atoms with Gasteiger partial charge >= 0.3 is 5.97 Å². The number of carbonyl (C=O) groups is 1. The van der Waals surface area contributed by atoms with Gasteiger partial charge < -0.3 is 10.4 Å². The van der Waals surface area contributed by atoms with Crippen molar-refractivity contribution in [3.8, 4) is 0 Å². The molecule has 88 valence electrons. The van der Waals surface area contributed by atoms with E-state index in [2.05, 4.69) is 5.32 Å². The van der Waals surface area contributed by atoms with Crippen LogP contribution >= 0.6 is 23.2 Å². The first kappa shape index (κ1) is 13.1. The normalized spacial score (nSPS) is 12.2. The van der Waals surface area contributed by atoms with E-state index < -0.39 is 11.9 Å². The number of nitrogens with one attached hydrogen (secondary N) is 1. The standard InChI is InChI=1S/C11H13Cl2NO2/c1-2-7(11(15)16)6-14-10-5-8(12)3-4-9(10)13/h3-5,7,14H,2,6H2,1H3,(H,15,16). The molecule has 0 aliphatic heterocycles. The Bertz CT molecular complexity index is 382. The highest BCUT2D eigenvalue weighted by atomic mass is 35.5. The summed E-state index contributed by atoms with van der Waals surface area (Å²) in [5, 5.41) is 13.0. The van der Waals surface area contributed by atoms with E-state index in [1.807, 2.05) is 6.92 Å². The van der Waals surface area contributed by atoms with Crippen molar-refractivity contribution in [1.29, 1.82) is 0 Å². The van der Waals surface area contributed by atoms with Gasteiger partial charge in [0.15, 0.2) is 0 Å². The summed E-state index contributed by atoms with van der Waals surface area (Å²) in [5.41, 5.74) is 0.661. The van der Waals surface area contributed by atoms with Gasteiger partial charge in [0, 0.05) is 11.6 Å². The van der Waals surface area contributed by atoms with Gasteiger partial charge in [-0.25, -0.2) is 0 Å². The second kappa shape index (κ2) is 5.97. The van der Waals surface area contributed by atoms with Crippen molar-refractivity contribution in [3.63, 3.8) is 0 Å². The van der Waals surface area contributed by atoms with Gasteiger partial charge in [0.1, 0.15) is 0 Å². The van der Waals surface area contributed by atoms with Crippen LogP contribution in [0.4, 0.5) is 5.69 Å². The number of carboxylic acids is 1. The summed E-state index contributed by atoms with van der Waals surface area (Å²) in [6, 6.07) is 5.04. The van der Waals surface area contributed by atoms with Crippen molar-refractivity contribution in [2.24, 2.45) is 5.92 Å². The van der Waals surface area contributed by atoms with Crippen molar-refractivity contribution >= 4 is 34.9 Å². The summed E-state index contributed by atoms with van der Waals surface area (Å²) in [5.74, 6) is -1.23. The van der Waals surface area contributed by atoms with Crippen LogP contribution in [0.2, 0.25) is 10.0 Å². The lowest BCUT2D eigenvalue weighted by atomic mass is 10.1. The fourth-order valence-electron chi connectivity index (χ4n) is 1.27. The SMILES string of the molecule is CCC(CNc1cc(Cl)ccc1Cl)C(=O)O. The Hall–Kier alpha value is -0.930. The first-order chi connectivity index (χ1) is 7.54. The van der Waals surface area contributed by atoms with Crippen LogP contribution in [0.15, 0.2) is 18.2 Å². The number of benzene rings is 1. The summed E-state index contributed by atoms with van der Waals surface area (Å²) in [4.78, 5) is 10.8. The summed E-state index contributed by atoms with van der Waals surface area (Å²) < 4.78 is 0. The first-order valence-corrected chi connectivity index (χ1v) is 5.72. The molecule has 0 aliphatic carbocycles. The molecular formula is C11H13Cl2NO2. The first-order valence-electron chi connectivity index (χ1n) is 4.96. The van der Waals surface area contributed by atoms with Crippen molar-refractivity contribution < 1.29 is 9.90 Å². The molecule has 0 saturated carbocycles. The highest BCUT2D eigenvalue weighted by molar-refractivity contribution is 6.35. The Labute approximate surface area is 104 Å². The summed E-state index contributed by atoms with van der Waals surface area (Å²) >= 11 is 11.7. The zero-order valence-electron chi connectivity index (χ0n) is 8.84. The number of hydrogen-bond acceptors (Lipinski definition) is 2. The van der Waals surface area contributed by atoms with E-state index in [1.165, 1.54) is 0 Å². The van der Waals surface area contributed by atoms with Gasteiger partial charge in [-0.05, 0) is 24.6 Å². The van der Waals surface area contributed by atoms with Crippen LogP contribution in [-0.4, -0.2) is 17.6 Å². The third kappa shape index (κ3) is 3.58. The lowest BCUT2D eigenvalue weighted by Gasteiger charge is -2.13. The zero-order chi connectivity index (χ0) is 12.1. The number of rotatable bonds is 5. The fraction of sp³-hybridized carbons (Fsp3) is 0.364. The predicted octanol–water partition coefficient (Wildman–Crippen LogP) is 3.52. The summed E-state index contributed by atoms with van der Waals surface area (Å²) in [6.07, 6.45) is 0.570. The number of hydrogen-bond donors (Lipinski definition) is 2. The second-order valence-corrected chi connectivity index (χ2v) is 4.29. The lowest BCUT2D eigenvalue weighted by molar-refractivity contribution is -0.141. The Morgan fingerprint density at radius 3 is 2.75 bits per heavy atom. The maximum atomic E-state index is 10.8.